The van der Waals surface area contributed by atoms with E-state index in [1.54, 1.807) is 12.1 Å². The topological polar surface area (TPSA) is 46.5 Å². The van der Waals surface area contributed by atoms with Crippen LogP contribution in [0.3, 0.4) is 0 Å². The molecule has 0 radical (unpaired) electrons. The highest BCUT2D eigenvalue weighted by molar-refractivity contribution is 9.08. The smallest absolute Gasteiger partial charge is 0.337 e. The number of halogens is 1. The molecule has 76 valence electrons. The summed E-state index contributed by atoms with van der Waals surface area (Å²) in [5.41, 5.74) is 1.63. The van der Waals surface area contributed by atoms with E-state index >= 15 is 0 Å². The van der Waals surface area contributed by atoms with E-state index in [1.807, 2.05) is 12.1 Å². The minimum atomic E-state index is -0.971. The first-order chi connectivity index (χ1) is 6.70. The van der Waals surface area contributed by atoms with Crippen molar-refractivity contribution >= 4 is 21.9 Å². The fourth-order valence-electron chi connectivity index (χ4n) is 1.27. The second-order valence-electron chi connectivity index (χ2n) is 2.79. The van der Waals surface area contributed by atoms with Crippen molar-refractivity contribution < 1.29 is 14.6 Å². The van der Waals surface area contributed by atoms with Crippen LogP contribution in [-0.4, -0.2) is 18.2 Å². The van der Waals surface area contributed by atoms with Crippen LogP contribution in [0.15, 0.2) is 24.3 Å². The predicted molar refractivity (Wildman–Crippen MR) is 56.5 cm³/mol. The number of alkyl halides is 1. The van der Waals surface area contributed by atoms with Gasteiger partial charge in [0, 0.05) is 12.4 Å². The van der Waals surface area contributed by atoms with Gasteiger partial charge in [-0.3, -0.25) is 0 Å². The molecular weight excluding hydrogens is 248 g/mol. The summed E-state index contributed by atoms with van der Waals surface area (Å²) < 4.78 is 4.92. The Morgan fingerprint density at radius 2 is 2.21 bits per heavy atom. The average molecular weight is 259 g/mol. The first-order valence-electron chi connectivity index (χ1n) is 4.10. The molecule has 1 aromatic rings. The largest absolute Gasteiger partial charge is 0.479 e. The third-order valence-electron chi connectivity index (χ3n) is 1.94. The molecule has 0 saturated carbocycles. The highest BCUT2D eigenvalue weighted by Crippen LogP contribution is 2.22. The van der Waals surface area contributed by atoms with Crippen LogP contribution >= 0.6 is 15.9 Å². The van der Waals surface area contributed by atoms with Gasteiger partial charge in [0.15, 0.2) is 6.10 Å². The maximum absolute atomic E-state index is 10.9. The maximum Gasteiger partial charge on any atom is 0.337 e. The van der Waals surface area contributed by atoms with Crippen molar-refractivity contribution in [3.05, 3.63) is 35.4 Å². The fourth-order valence-corrected chi connectivity index (χ4v) is 1.78. The molecule has 1 atom stereocenters. The summed E-state index contributed by atoms with van der Waals surface area (Å²) in [7, 11) is 1.39. The Morgan fingerprint density at radius 1 is 1.57 bits per heavy atom. The second kappa shape index (κ2) is 5.12. The SMILES string of the molecule is COC(C(=O)O)c1ccccc1CBr. The number of aliphatic carboxylic acids is 1. The number of methoxy groups -OCH3 is 1. The summed E-state index contributed by atoms with van der Waals surface area (Å²) in [6.07, 6.45) is -0.885. The Kier molecular flexibility index (Phi) is 4.10. The lowest BCUT2D eigenvalue weighted by Crippen LogP contribution is -2.14. The third kappa shape index (κ3) is 2.33. The number of hydrogen-bond acceptors (Lipinski definition) is 2. The summed E-state index contributed by atoms with van der Waals surface area (Å²) in [5.74, 6) is -0.971. The summed E-state index contributed by atoms with van der Waals surface area (Å²) >= 11 is 3.31. The van der Waals surface area contributed by atoms with Gasteiger partial charge in [-0.05, 0) is 11.1 Å². The lowest BCUT2D eigenvalue weighted by molar-refractivity contribution is -0.148. The van der Waals surface area contributed by atoms with Gasteiger partial charge in [0.2, 0.25) is 0 Å². The minimum absolute atomic E-state index is 0.621. The van der Waals surface area contributed by atoms with Crippen LogP contribution in [-0.2, 0) is 14.9 Å². The lowest BCUT2D eigenvalue weighted by atomic mass is 10.0. The van der Waals surface area contributed by atoms with Crippen LogP contribution in [0.4, 0.5) is 0 Å². The molecule has 14 heavy (non-hydrogen) atoms. The molecule has 3 nitrogen and oxygen atoms in total. The first-order valence-corrected chi connectivity index (χ1v) is 5.22. The van der Waals surface area contributed by atoms with E-state index < -0.39 is 12.1 Å². The molecular formula is C10H11BrO3. The van der Waals surface area contributed by atoms with Gasteiger partial charge in [-0.1, -0.05) is 40.2 Å². The molecule has 0 aliphatic heterocycles. The van der Waals surface area contributed by atoms with Gasteiger partial charge in [-0.25, -0.2) is 4.79 Å². The average Bonchev–Trinajstić information content (AvgIpc) is 2.19. The molecule has 0 aliphatic carbocycles. The Bertz CT molecular complexity index is 325. The minimum Gasteiger partial charge on any atom is -0.479 e. The maximum atomic E-state index is 10.9. The van der Waals surface area contributed by atoms with Crippen molar-refractivity contribution in [2.75, 3.05) is 7.11 Å². The van der Waals surface area contributed by atoms with E-state index in [2.05, 4.69) is 15.9 Å². The molecule has 1 rings (SSSR count). The van der Waals surface area contributed by atoms with E-state index in [9.17, 15) is 4.79 Å². The van der Waals surface area contributed by atoms with E-state index in [0.717, 1.165) is 5.56 Å². The third-order valence-corrected chi connectivity index (χ3v) is 2.55. The Balaban J connectivity index is 3.08. The van der Waals surface area contributed by atoms with E-state index in [1.165, 1.54) is 7.11 Å². The number of rotatable bonds is 4. The van der Waals surface area contributed by atoms with E-state index in [0.29, 0.717) is 10.9 Å². The molecule has 1 N–H and O–H groups in total. The van der Waals surface area contributed by atoms with Gasteiger partial charge in [-0.15, -0.1) is 0 Å². The van der Waals surface area contributed by atoms with Gasteiger partial charge in [0.25, 0.3) is 0 Å². The zero-order valence-corrected chi connectivity index (χ0v) is 9.32. The molecule has 1 aromatic carbocycles. The lowest BCUT2D eigenvalue weighted by Gasteiger charge is -2.13. The predicted octanol–water partition coefficient (Wildman–Crippen LogP) is 2.35. The number of carboxylic acid groups (broad SMARTS) is 1. The van der Waals surface area contributed by atoms with Gasteiger partial charge < -0.3 is 9.84 Å². The number of carbonyl (C=O) groups is 1. The van der Waals surface area contributed by atoms with Crippen molar-refractivity contribution in [3.63, 3.8) is 0 Å². The normalized spacial score (nSPS) is 12.4. The van der Waals surface area contributed by atoms with Crippen molar-refractivity contribution in [3.8, 4) is 0 Å². The quantitative estimate of drug-likeness (QED) is 0.844. The molecule has 0 amide bonds. The van der Waals surface area contributed by atoms with Crippen molar-refractivity contribution in [1.29, 1.82) is 0 Å². The van der Waals surface area contributed by atoms with Crippen molar-refractivity contribution in [2.45, 2.75) is 11.4 Å². The molecule has 0 fully saturated rings. The van der Waals surface area contributed by atoms with Crippen LogP contribution in [0.25, 0.3) is 0 Å². The first kappa shape index (κ1) is 11.2. The van der Waals surface area contributed by atoms with E-state index in [-0.39, 0.29) is 0 Å². The van der Waals surface area contributed by atoms with Gasteiger partial charge in [-0.2, -0.15) is 0 Å². The zero-order valence-electron chi connectivity index (χ0n) is 7.74. The molecule has 1 unspecified atom stereocenters. The van der Waals surface area contributed by atoms with Gasteiger partial charge in [0.1, 0.15) is 0 Å². The Morgan fingerprint density at radius 3 is 2.71 bits per heavy atom. The molecule has 0 aliphatic rings. The van der Waals surface area contributed by atoms with Gasteiger partial charge >= 0.3 is 5.97 Å². The van der Waals surface area contributed by atoms with Crippen LogP contribution in [0, 0.1) is 0 Å². The number of hydrogen-bond donors (Lipinski definition) is 1. The molecule has 0 aromatic heterocycles. The molecule has 0 saturated heterocycles. The monoisotopic (exact) mass is 258 g/mol. The Labute approximate surface area is 90.8 Å². The fraction of sp³-hybridized carbons (Fsp3) is 0.300. The highest BCUT2D eigenvalue weighted by Gasteiger charge is 2.20. The summed E-state index contributed by atoms with van der Waals surface area (Å²) in [6.45, 7) is 0. The molecule has 0 bridgehead atoms. The number of carboxylic acids is 1. The molecule has 0 heterocycles. The summed E-state index contributed by atoms with van der Waals surface area (Å²) in [5, 5.41) is 9.53. The standard InChI is InChI=1S/C10H11BrO3/c1-14-9(10(12)13)8-5-3-2-4-7(8)6-11/h2-5,9H,6H2,1H3,(H,12,13). The van der Waals surface area contributed by atoms with Crippen LogP contribution in [0.5, 0.6) is 0 Å². The van der Waals surface area contributed by atoms with Crippen molar-refractivity contribution in [1.82, 2.24) is 0 Å². The molecule has 4 heteroatoms. The number of benzene rings is 1. The van der Waals surface area contributed by atoms with E-state index in [4.69, 9.17) is 9.84 Å². The van der Waals surface area contributed by atoms with Crippen LogP contribution < -0.4 is 0 Å². The van der Waals surface area contributed by atoms with Crippen LogP contribution in [0.1, 0.15) is 17.2 Å². The zero-order chi connectivity index (χ0) is 10.6. The molecule has 0 spiro atoms. The van der Waals surface area contributed by atoms with Crippen LogP contribution in [0.2, 0.25) is 0 Å². The van der Waals surface area contributed by atoms with Gasteiger partial charge in [0.05, 0.1) is 0 Å². The number of ether oxygens (including phenoxy) is 1. The highest BCUT2D eigenvalue weighted by atomic mass is 79.9. The van der Waals surface area contributed by atoms with Crippen molar-refractivity contribution in [2.24, 2.45) is 0 Å². The summed E-state index contributed by atoms with van der Waals surface area (Å²) in [6, 6.07) is 7.31. The second-order valence-corrected chi connectivity index (χ2v) is 3.35. The summed E-state index contributed by atoms with van der Waals surface area (Å²) in [4.78, 5) is 10.9. The Hall–Kier alpha value is -0.870.